The Labute approximate surface area is 220 Å². The van der Waals surface area contributed by atoms with Crippen molar-refractivity contribution in [3.8, 4) is 0 Å². The van der Waals surface area contributed by atoms with Gasteiger partial charge in [0.15, 0.2) is 0 Å². The molecule has 37 heavy (non-hydrogen) atoms. The Kier molecular flexibility index (Phi) is 6.23. The summed E-state index contributed by atoms with van der Waals surface area (Å²) in [5.41, 5.74) is 1.73. The molecule has 11 heteroatoms. The van der Waals surface area contributed by atoms with Gasteiger partial charge in [0.1, 0.15) is 21.3 Å². The average Bonchev–Trinajstić information content (AvgIpc) is 3.26. The number of amides is 2. The topological polar surface area (TPSA) is 111 Å². The number of rotatable bonds is 7. The van der Waals surface area contributed by atoms with Gasteiger partial charge in [-0.15, -0.1) is 0 Å². The molecule has 3 aromatic rings. The summed E-state index contributed by atoms with van der Waals surface area (Å²) in [4.78, 5) is 32.4. The van der Waals surface area contributed by atoms with Crippen LogP contribution in [0.25, 0.3) is 11.0 Å². The van der Waals surface area contributed by atoms with Crippen LogP contribution in [0.15, 0.2) is 42.5 Å². The number of aromatic nitrogens is 2. The fourth-order valence-electron chi connectivity index (χ4n) is 5.82. The van der Waals surface area contributed by atoms with Crippen LogP contribution >= 0.6 is 11.6 Å². The normalized spacial score (nSPS) is 22.8. The van der Waals surface area contributed by atoms with Crippen molar-refractivity contribution in [2.45, 2.75) is 50.3 Å². The highest BCUT2D eigenvalue weighted by Crippen LogP contribution is 2.59. The number of alkyl carbamates (subject to hydrolysis) is 1. The molecule has 2 amide bonds. The summed E-state index contributed by atoms with van der Waals surface area (Å²) in [5.74, 6) is 0.646. The molecule has 1 aromatic heterocycles. The molecule has 1 spiro atoms. The number of nitrogens with zero attached hydrogens (tertiary/aromatic N) is 3. The fourth-order valence-corrected chi connectivity index (χ4v) is 6.64. The third kappa shape index (κ3) is 4.57. The lowest BCUT2D eigenvalue weighted by Crippen LogP contribution is -2.60. The molecule has 1 aliphatic heterocycles. The van der Waals surface area contributed by atoms with E-state index < -0.39 is 26.9 Å². The molecule has 0 atom stereocenters. The van der Waals surface area contributed by atoms with Gasteiger partial charge in [-0.25, -0.2) is 18.2 Å². The number of carbonyl (C=O) groups is 2. The van der Waals surface area contributed by atoms with Gasteiger partial charge in [0.05, 0.1) is 28.7 Å². The second-order valence-corrected chi connectivity index (χ2v) is 12.9. The van der Waals surface area contributed by atoms with Gasteiger partial charge < -0.3 is 19.5 Å². The van der Waals surface area contributed by atoms with Gasteiger partial charge in [-0.1, -0.05) is 29.8 Å². The molecule has 2 aromatic carbocycles. The van der Waals surface area contributed by atoms with Crippen molar-refractivity contribution in [2.24, 2.45) is 0 Å². The van der Waals surface area contributed by atoms with Crippen molar-refractivity contribution in [1.82, 2.24) is 14.9 Å². The Balaban J connectivity index is 1.48. The Morgan fingerprint density at radius 1 is 1.22 bits per heavy atom. The molecular formula is C26H29ClN4O5S. The van der Waals surface area contributed by atoms with Gasteiger partial charge in [0, 0.05) is 43.4 Å². The van der Waals surface area contributed by atoms with Crippen LogP contribution in [0.2, 0.25) is 5.02 Å². The number of imidazole rings is 1. The van der Waals surface area contributed by atoms with Crippen LogP contribution in [0.4, 0.5) is 10.5 Å². The number of sulfone groups is 1. The largest absolute Gasteiger partial charge is 0.443 e. The molecule has 9 nitrogen and oxygen atoms in total. The van der Waals surface area contributed by atoms with Crippen LogP contribution < -0.4 is 10.2 Å². The molecule has 1 saturated carbocycles. The highest BCUT2D eigenvalue weighted by Gasteiger charge is 2.64. The third-order valence-electron chi connectivity index (χ3n) is 7.25. The molecule has 0 bridgehead atoms. The summed E-state index contributed by atoms with van der Waals surface area (Å²) < 4.78 is 31.0. The number of carbonyl (C=O) groups excluding carboxylic acids is 2. The lowest BCUT2D eigenvalue weighted by atomic mass is 9.57. The molecule has 1 N–H and O–H groups in total. The first-order valence-electron chi connectivity index (χ1n) is 12.1. The summed E-state index contributed by atoms with van der Waals surface area (Å²) in [6.45, 7) is 2.50. The highest BCUT2D eigenvalue weighted by molar-refractivity contribution is 7.90. The fraction of sp³-hybridized carbons (Fsp3) is 0.423. The number of anilines is 1. The molecule has 5 rings (SSSR count). The minimum absolute atomic E-state index is 0.0538. The van der Waals surface area contributed by atoms with E-state index in [0.29, 0.717) is 42.2 Å². The number of ether oxygens (including phenoxy) is 1. The molecule has 0 unspecified atom stereocenters. The van der Waals surface area contributed by atoms with Gasteiger partial charge in [-0.3, -0.25) is 4.79 Å². The minimum atomic E-state index is -3.11. The standard InChI is InChI=1S/C26H29ClN4O5S/c1-25(36-24(33)28-2)15-26(16-25)18-7-4-5-8-20(18)31(23(26)32)14-22-29-19-13-17(27)9-10-21(19)30(22)11-6-12-37(3,34)35/h4-5,7-10,13H,6,11-12,14-16H2,1-3H3,(H,28,33). The van der Waals surface area contributed by atoms with Crippen LogP contribution in [0, 0.1) is 0 Å². The zero-order valence-electron chi connectivity index (χ0n) is 21.0. The number of para-hydroxylation sites is 1. The Hall–Kier alpha value is -3.11. The molecule has 2 aliphatic rings. The Morgan fingerprint density at radius 3 is 2.65 bits per heavy atom. The molecule has 1 fully saturated rings. The quantitative estimate of drug-likeness (QED) is 0.484. The first kappa shape index (κ1) is 25.5. The number of benzene rings is 2. The van der Waals surface area contributed by atoms with Crippen molar-refractivity contribution in [2.75, 3.05) is 24.0 Å². The number of aryl methyl sites for hydroxylation is 1. The summed E-state index contributed by atoms with van der Waals surface area (Å²) in [5, 5.41) is 3.02. The van der Waals surface area contributed by atoms with Crippen molar-refractivity contribution in [3.05, 3.63) is 58.9 Å². The van der Waals surface area contributed by atoms with E-state index in [0.717, 1.165) is 16.8 Å². The van der Waals surface area contributed by atoms with E-state index in [1.165, 1.54) is 13.3 Å². The van der Waals surface area contributed by atoms with Crippen molar-refractivity contribution >= 4 is 50.2 Å². The van der Waals surface area contributed by atoms with Crippen molar-refractivity contribution < 1.29 is 22.7 Å². The predicted molar refractivity (Wildman–Crippen MR) is 142 cm³/mol. The second kappa shape index (κ2) is 9.02. The number of nitrogens with one attached hydrogen (secondary N) is 1. The first-order chi connectivity index (χ1) is 17.4. The van der Waals surface area contributed by atoms with Gasteiger partial charge in [-0.2, -0.15) is 0 Å². The van der Waals surface area contributed by atoms with E-state index in [9.17, 15) is 18.0 Å². The average molecular weight is 545 g/mol. The van der Waals surface area contributed by atoms with E-state index in [4.69, 9.17) is 21.3 Å². The molecule has 2 heterocycles. The second-order valence-electron chi connectivity index (χ2n) is 10.2. The monoisotopic (exact) mass is 544 g/mol. The van der Waals surface area contributed by atoms with Crippen molar-refractivity contribution in [3.63, 3.8) is 0 Å². The molecule has 1 aliphatic carbocycles. The highest BCUT2D eigenvalue weighted by atomic mass is 35.5. The number of hydrogen-bond acceptors (Lipinski definition) is 6. The molecular weight excluding hydrogens is 516 g/mol. The summed E-state index contributed by atoms with van der Waals surface area (Å²) in [6.07, 6.45) is 1.90. The maximum Gasteiger partial charge on any atom is 0.407 e. The van der Waals surface area contributed by atoms with E-state index in [-0.39, 0.29) is 18.2 Å². The van der Waals surface area contributed by atoms with Crippen LogP contribution in [0.1, 0.15) is 37.6 Å². The number of fused-ring (bicyclic) bond motifs is 3. The Bertz CT molecular complexity index is 1510. The van der Waals surface area contributed by atoms with Crippen LogP contribution in [0.5, 0.6) is 0 Å². The third-order valence-corrected chi connectivity index (χ3v) is 8.51. The maximum atomic E-state index is 14.0. The van der Waals surface area contributed by atoms with Gasteiger partial charge in [0.2, 0.25) is 5.91 Å². The summed E-state index contributed by atoms with van der Waals surface area (Å²) >= 11 is 6.21. The van der Waals surface area contributed by atoms with Gasteiger partial charge in [-0.05, 0) is 43.2 Å². The van der Waals surface area contributed by atoms with Gasteiger partial charge in [0.25, 0.3) is 0 Å². The van der Waals surface area contributed by atoms with Crippen LogP contribution in [-0.4, -0.2) is 54.6 Å². The van der Waals surface area contributed by atoms with Crippen LogP contribution in [-0.2, 0) is 37.9 Å². The lowest BCUT2D eigenvalue weighted by Gasteiger charge is -2.50. The maximum absolute atomic E-state index is 14.0. The van der Waals surface area contributed by atoms with E-state index in [2.05, 4.69) is 5.32 Å². The van der Waals surface area contributed by atoms with E-state index in [1.54, 1.807) is 17.0 Å². The lowest BCUT2D eigenvalue weighted by molar-refractivity contribution is -0.141. The van der Waals surface area contributed by atoms with E-state index in [1.807, 2.05) is 41.8 Å². The Morgan fingerprint density at radius 2 is 1.95 bits per heavy atom. The predicted octanol–water partition coefficient (Wildman–Crippen LogP) is 3.82. The zero-order valence-corrected chi connectivity index (χ0v) is 22.5. The molecule has 0 saturated heterocycles. The minimum Gasteiger partial charge on any atom is -0.443 e. The molecule has 196 valence electrons. The van der Waals surface area contributed by atoms with Gasteiger partial charge >= 0.3 is 6.09 Å². The zero-order chi connectivity index (χ0) is 26.6. The number of halogens is 1. The summed E-state index contributed by atoms with van der Waals surface area (Å²) in [7, 11) is -1.61. The summed E-state index contributed by atoms with van der Waals surface area (Å²) in [6, 6.07) is 13.1. The van der Waals surface area contributed by atoms with Crippen LogP contribution in [0.3, 0.4) is 0 Å². The first-order valence-corrected chi connectivity index (χ1v) is 14.5. The molecule has 0 radical (unpaired) electrons. The van der Waals surface area contributed by atoms with E-state index >= 15 is 0 Å². The SMILES string of the molecule is CNC(=O)OC1(C)CC2(C1)C(=O)N(Cc1nc3cc(Cl)ccc3n1CCCS(C)(=O)=O)c1ccccc12. The van der Waals surface area contributed by atoms with Crippen molar-refractivity contribution in [1.29, 1.82) is 0 Å². The number of hydrogen-bond donors (Lipinski definition) is 1. The smallest absolute Gasteiger partial charge is 0.407 e.